The average Bonchev–Trinajstić information content (AvgIpc) is 2.81. The van der Waals surface area contributed by atoms with Gasteiger partial charge in [0.05, 0.1) is 5.56 Å². The van der Waals surface area contributed by atoms with Crippen LogP contribution >= 0.6 is 0 Å². The van der Waals surface area contributed by atoms with Crippen LogP contribution in [0.4, 0.5) is 0 Å². The van der Waals surface area contributed by atoms with E-state index in [-0.39, 0.29) is 41.7 Å². The molecule has 0 radical (unpaired) electrons. The maximum absolute atomic E-state index is 11.6. The van der Waals surface area contributed by atoms with Gasteiger partial charge in [0, 0.05) is 7.05 Å². The number of hydrogen-bond donors (Lipinski definition) is 3. The average molecular weight is 435 g/mol. The van der Waals surface area contributed by atoms with Crippen molar-refractivity contribution in [2.24, 2.45) is 0 Å². The predicted molar refractivity (Wildman–Crippen MR) is 116 cm³/mol. The molecule has 0 heterocycles. The molecule has 0 aromatic heterocycles. The lowest BCUT2D eigenvalue weighted by atomic mass is 10.0. The normalized spacial score (nSPS) is 10.3. The first-order valence-corrected chi connectivity index (χ1v) is 9.63. The highest BCUT2D eigenvalue weighted by atomic mass is 16.5. The molecule has 0 aliphatic heterocycles. The molecular weight excluding hydrogens is 414 g/mol. The quantitative estimate of drug-likeness (QED) is 0.470. The van der Waals surface area contributed by atoms with Crippen molar-refractivity contribution in [3.63, 3.8) is 0 Å². The van der Waals surface area contributed by atoms with Crippen LogP contribution in [-0.2, 0) is 11.4 Å². The van der Waals surface area contributed by atoms with Crippen LogP contribution in [0.25, 0.3) is 11.1 Å². The number of carboxylic acid groups (broad SMARTS) is 2. The van der Waals surface area contributed by atoms with E-state index in [2.05, 4.69) is 5.32 Å². The number of hydrogen-bond acceptors (Lipinski definition) is 5. The third-order valence-corrected chi connectivity index (χ3v) is 4.58. The van der Waals surface area contributed by atoms with Crippen LogP contribution < -0.4 is 14.8 Å². The molecule has 0 saturated carbocycles. The van der Waals surface area contributed by atoms with Gasteiger partial charge in [0.25, 0.3) is 5.91 Å². The summed E-state index contributed by atoms with van der Waals surface area (Å²) in [7, 11) is 1.46. The Kier molecular flexibility index (Phi) is 7.07. The molecule has 0 saturated heterocycles. The summed E-state index contributed by atoms with van der Waals surface area (Å²) in [6.07, 6.45) is 0. The Hall–Kier alpha value is -4.33. The second-order valence-electron chi connectivity index (χ2n) is 6.80. The minimum atomic E-state index is -1.17. The fourth-order valence-electron chi connectivity index (χ4n) is 2.93. The van der Waals surface area contributed by atoms with Crippen molar-refractivity contribution in [1.82, 2.24) is 5.32 Å². The summed E-state index contributed by atoms with van der Waals surface area (Å²) in [5, 5.41) is 21.4. The number of amides is 1. The molecular formula is C24H21NO7. The summed E-state index contributed by atoms with van der Waals surface area (Å²) < 4.78 is 11.2. The van der Waals surface area contributed by atoms with Crippen LogP contribution in [-0.4, -0.2) is 41.7 Å². The first-order chi connectivity index (χ1) is 15.4. The minimum Gasteiger partial charge on any atom is -0.488 e. The summed E-state index contributed by atoms with van der Waals surface area (Å²) in [6, 6.07) is 18.1. The number of rotatable bonds is 9. The second-order valence-corrected chi connectivity index (χ2v) is 6.80. The van der Waals surface area contributed by atoms with Crippen LogP contribution in [0.5, 0.6) is 11.5 Å². The largest absolute Gasteiger partial charge is 0.488 e. The highest BCUT2D eigenvalue weighted by molar-refractivity contribution is 5.93. The predicted octanol–water partition coefficient (Wildman–Crippen LogP) is 3.45. The maximum atomic E-state index is 11.6. The highest BCUT2D eigenvalue weighted by Gasteiger charge is 2.16. The summed E-state index contributed by atoms with van der Waals surface area (Å²) in [6.45, 7) is -0.109. The van der Waals surface area contributed by atoms with Crippen molar-refractivity contribution in [2.75, 3.05) is 13.7 Å². The molecule has 3 N–H and O–H groups in total. The number of carbonyl (C=O) groups excluding carboxylic acids is 1. The lowest BCUT2D eigenvalue weighted by molar-refractivity contribution is -0.122. The first kappa shape index (κ1) is 22.4. The number of likely N-dealkylation sites (N-methyl/N-ethyl adjacent to an activating group) is 1. The maximum Gasteiger partial charge on any atom is 0.339 e. The summed E-state index contributed by atoms with van der Waals surface area (Å²) in [4.78, 5) is 34.7. The smallest absolute Gasteiger partial charge is 0.339 e. The van der Waals surface area contributed by atoms with Gasteiger partial charge in [-0.15, -0.1) is 0 Å². The first-order valence-electron chi connectivity index (χ1n) is 9.63. The molecule has 3 aromatic rings. The Bertz CT molecular complexity index is 1140. The van der Waals surface area contributed by atoms with Crippen molar-refractivity contribution in [3.05, 3.63) is 83.4 Å². The van der Waals surface area contributed by atoms with E-state index in [1.54, 1.807) is 12.1 Å². The number of benzene rings is 3. The fraction of sp³-hybridized carbons (Fsp3) is 0.125. The van der Waals surface area contributed by atoms with E-state index in [9.17, 15) is 24.6 Å². The molecule has 0 bridgehead atoms. The van der Waals surface area contributed by atoms with Gasteiger partial charge < -0.3 is 25.0 Å². The van der Waals surface area contributed by atoms with Crippen molar-refractivity contribution < 1.29 is 34.1 Å². The number of ether oxygens (including phenoxy) is 2. The van der Waals surface area contributed by atoms with Gasteiger partial charge in [0.2, 0.25) is 0 Å². The topological polar surface area (TPSA) is 122 Å². The van der Waals surface area contributed by atoms with Crippen molar-refractivity contribution in [2.45, 2.75) is 6.61 Å². The van der Waals surface area contributed by atoms with Crippen molar-refractivity contribution >= 4 is 17.8 Å². The van der Waals surface area contributed by atoms with Crippen LogP contribution in [0, 0.1) is 0 Å². The highest BCUT2D eigenvalue weighted by Crippen LogP contribution is 2.31. The van der Waals surface area contributed by atoms with E-state index in [0.717, 1.165) is 5.56 Å². The Morgan fingerprint density at radius 1 is 0.844 bits per heavy atom. The lowest BCUT2D eigenvalue weighted by Gasteiger charge is -2.13. The zero-order chi connectivity index (χ0) is 23.1. The summed E-state index contributed by atoms with van der Waals surface area (Å²) in [5.41, 5.74) is 1.81. The monoisotopic (exact) mass is 435 g/mol. The van der Waals surface area contributed by atoms with Gasteiger partial charge in [-0.25, -0.2) is 9.59 Å². The van der Waals surface area contributed by atoms with E-state index >= 15 is 0 Å². The molecule has 0 aliphatic rings. The lowest BCUT2D eigenvalue weighted by Crippen LogP contribution is -2.24. The molecule has 3 rings (SSSR count). The molecule has 164 valence electrons. The minimum absolute atomic E-state index is 0.0184. The Morgan fingerprint density at radius 2 is 1.59 bits per heavy atom. The van der Waals surface area contributed by atoms with Gasteiger partial charge in [-0.3, -0.25) is 4.79 Å². The van der Waals surface area contributed by atoms with Gasteiger partial charge in [0.15, 0.2) is 6.61 Å². The van der Waals surface area contributed by atoms with Gasteiger partial charge >= 0.3 is 11.9 Å². The number of aromatic carboxylic acids is 2. The van der Waals surface area contributed by atoms with Gasteiger partial charge in [-0.05, 0) is 47.0 Å². The third-order valence-electron chi connectivity index (χ3n) is 4.58. The van der Waals surface area contributed by atoms with Gasteiger partial charge in [-0.2, -0.15) is 0 Å². The molecule has 0 aliphatic carbocycles. The molecule has 0 unspecified atom stereocenters. The molecule has 8 heteroatoms. The van der Waals surface area contributed by atoms with E-state index in [0.29, 0.717) is 11.1 Å². The van der Waals surface area contributed by atoms with E-state index in [1.807, 2.05) is 30.3 Å². The van der Waals surface area contributed by atoms with Crippen LogP contribution in [0.15, 0.2) is 66.7 Å². The van der Waals surface area contributed by atoms with Crippen LogP contribution in [0.1, 0.15) is 26.3 Å². The van der Waals surface area contributed by atoms with E-state index in [4.69, 9.17) is 9.47 Å². The number of carbonyl (C=O) groups is 3. The van der Waals surface area contributed by atoms with Gasteiger partial charge in [-0.1, -0.05) is 36.4 Å². The van der Waals surface area contributed by atoms with Crippen molar-refractivity contribution in [3.8, 4) is 22.6 Å². The zero-order valence-corrected chi connectivity index (χ0v) is 17.2. The molecule has 0 atom stereocenters. The molecule has 32 heavy (non-hydrogen) atoms. The summed E-state index contributed by atoms with van der Waals surface area (Å²) in [5.74, 6) is -2.34. The van der Waals surface area contributed by atoms with E-state index in [1.165, 1.54) is 31.3 Å². The fourth-order valence-corrected chi connectivity index (χ4v) is 2.93. The second kappa shape index (κ2) is 10.1. The number of carboxylic acids is 2. The zero-order valence-electron chi connectivity index (χ0n) is 17.2. The number of nitrogens with one attached hydrogen (secondary N) is 1. The van der Waals surface area contributed by atoms with E-state index < -0.39 is 11.9 Å². The molecule has 0 spiro atoms. The summed E-state index contributed by atoms with van der Waals surface area (Å²) >= 11 is 0. The molecule has 8 nitrogen and oxygen atoms in total. The Balaban J connectivity index is 1.96. The van der Waals surface area contributed by atoms with Crippen LogP contribution in [0.2, 0.25) is 0 Å². The Morgan fingerprint density at radius 3 is 2.25 bits per heavy atom. The SMILES string of the molecule is CNC(=O)COc1cc(C(=O)O)cc(-c2ccc(C(=O)O)c(OCc3ccccc3)c2)c1. The standard InChI is InChI=1S/C24H21NO7/c1-25-22(26)14-31-19-10-17(9-18(11-19)23(27)28)16-7-8-20(24(29)30)21(12-16)32-13-15-5-3-2-4-6-15/h2-12H,13-14H2,1H3,(H,25,26)(H,27,28)(H,29,30). The van der Waals surface area contributed by atoms with Gasteiger partial charge in [0.1, 0.15) is 23.7 Å². The molecule has 0 fully saturated rings. The van der Waals surface area contributed by atoms with Crippen LogP contribution in [0.3, 0.4) is 0 Å². The van der Waals surface area contributed by atoms with Crippen molar-refractivity contribution in [1.29, 1.82) is 0 Å². The molecule has 3 aromatic carbocycles. The molecule has 1 amide bonds. The Labute approximate surface area is 184 Å². The third kappa shape index (κ3) is 5.63.